The Bertz CT molecular complexity index is 579. The van der Waals surface area contributed by atoms with Crippen molar-refractivity contribution in [3.63, 3.8) is 0 Å². The second-order valence-corrected chi connectivity index (χ2v) is 4.94. The number of alkyl halides is 2. The molecule has 120 valence electrons. The molecule has 0 fully saturated rings. The lowest BCUT2D eigenvalue weighted by Gasteiger charge is -2.17. The quantitative estimate of drug-likeness (QED) is 0.817. The van der Waals surface area contributed by atoms with Crippen molar-refractivity contribution in [1.82, 2.24) is 4.90 Å². The Morgan fingerprint density at radius 2 is 1.68 bits per heavy atom. The number of ether oxygens (including phenoxy) is 1. The molecular formula is C16H19ClF2N2O. The van der Waals surface area contributed by atoms with Gasteiger partial charge in [-0.15, -0.1) is 12.4 Å². The van der Waals surface area contributed by atoms with Crippen molar-refractivity contribution in [3.05, 3.63) is 59.7 Å². The lowest BCUT2D eigenvalue weighted by atomic mass is 10.1. The zero-order valence-corrected chi connectivity index (χ0v) is 13.0. The number of anilines is 1. The first-order valence-electron chi connectivity index (χ1n) is 6.59. The maximum Gasteiger partial charge on any atom is 0.387 e. The van der Waals surface area contributed by atoms with Crippen molar-refractivity contribution in [1.29, 1.82) is 0 Å². The van der Waals surface area contributed by atoms with Crippen molar-refractivity contribution < 1.29 is 13.5 Å². The molecule has 0 amide bonds. The van der Waals surface area contributed by atoms with Gasteiger partial charge in [0, 0.05) is 18.8 Å². The fraction of sp³-hybridized carbons (Fsp3) is 0.250. The number of nitrogen functional groups attached to an aromatic ring is 1. The molecule has 2 aromatic carbocycles. The number of nitrogens with zero attached hydrogens (tertiary/aromatic N) is 1. The number of nitrogens with two attached hydrogens (primary N) is 1. The van der Waals surface area contributed by atoms with E-state index in [1.165, 1.54) is 0 Å². The van der Waals surface area contributed by atoms with Crippen LogP contribution in [-0.2, 0) is 13.1 Å². The lowest BCUT2D eigenvalue weighted by molar-refractivity contribution is -0.0498. The van der Waals surface area contributed by atoms with E-state index in [1.54, 1.807) is 24.3 Å². The van der Waals surface area contributed by atoms with Crippen LogP contribution in [0, 0.1) is 0 Å². The molecule has 0 radical (unpaired) electrons. The highest BCUT2D eigenvalue weighted by Gasteiger charge is 2.05. The van der Waals surface area contributed by atoms with Gasteiger partial charge < -0.3 is 10.5 Å². The summed E-state index contributed by atoms with van der Waals surface area (Å²) in [5.41, 5.74) is 8.66. The van der Waals surface area contributed by atoms with Crippen molar-refractivity contribution >= 4 is 18.1 Å². The maximum absolute atomic E-state index is 12.1. The first kappa shape index (κ1) is 18.2. The number of rotatable bonds is 6. The molecule has 22 heavy (non-hydrogen) atoms. The Balaban J connectivity index is 0.00000242. The van der Waals surface area contributed by atoms with E-state index in [0.717, 1.165) is 23.4 Å². The predicted octanol–water partition coefficient (Wildman–Crippen LogP) is 3.92. The number of hydrogen-bond acceptors (Lipinski definition) is 3. The van der Waals surface area contributed by atoms with Crippen molar-refractivity contribution in [2.75, 3.05) is 12.8 Å². The van der Waals surface area contributed by atoms with Gasteiger partial charge in [0.1, 0.15) is 5.75 Å². The molecule has 0 unspecified atom stereocenters. The first-order valence-corrected chi connectivity index (χ1v) is 6.59. The van der Waals surface area contributed by atoms with Crippen LogP contribution in [0.1, 0.15) is 11.1 Å². The molecular weight excluding hydrogens is 310 g/mol. The van der Waals surface area contributed by atoms with E-state index >= 15 is 0 Å². The van der Waals surface area contributed by atoms with Gasteiger partial charge >= 0.3 is 6.61 Å². The monoisotopic (exact) mass is 328 g/mol. The van der Waals surface area contributed by atoms with E-state index < -0.39 is 6.61 Å². The highest BCUT2D eigenvalue weighted by molar-refractivity contribution is 5.85. The Labute approximate surface area is 135 Å². The van der Waals surface area contributed by atoms with Crippen molar-refractivity contribution in [2.24, 2.45) is 0 Å². The molecule has 0 aromatic heterocycles. The fourth-order valence-electron chi connectivity index (χ4n) is 2.15. The van der Waals surface area contributed by atoms with E-state index in [0.29, 0.717) is 6.54 Å². The normalized spacial score (nSPS) is 10.6. The lowest BCUT2D eigenvalue weighted by Crippen LogP contribution is -2.17. The number of benzene rings is 2. The highest BCUT2D eigenvalue weighted by Crippen LogP contribution is 2.16. The molecule has 0 bridgehead atoms. The molecule has 0 aliphatic carbocycles. The van der Waals surface area contributed by atoms with Crippen LogP contribution >= 0.6 is 12.4 Å². The maximum atomic E-state index is 12.1. The molecule has 0 saturated heterocycles. The van der Waals surface area contributed by atoms with Crippen molar-refractivity contribution in [2.45, 2.75) is 19.7 Å². The fourth-order valence-corrected chi connectivity index (χ4v) is 2.15. The van der Waals surface area contributed by atoms with Crippen LogP contribution < -0.4 is 10.5 Å². The average molecular weight is 329 g/mol. The molecule has 2 rings (SSSR count). The Hall–Kier alpha value is -1.85. The summed E-state index contributed by atoms with van der Waals surface area (Å²) in [5.74, 6) is 0.173. The zero-order chi connectivity index (χ0) is 15.2. The van der Waals surface area contributed by atoms with Crippen LogP contribution in [-0.4, -0.2) is 18.6 Å². The third-order valence-electron chi connectivity index (χ3n) is 3.00. The summed E-state index contributed by atoms with van der Waals surface area (Å²) < 4.78 is 28.5. The highest BCUT2D eigenvalue weighted by atomic mass is 35.5. The number of hydrogen-bond donors (Lipinski definition) is 1. The van der Waals surface area contributed by atoms with Gasteiger partial charge in [0.05, 0.1) is 0 Å². The molecule has 0 heterocycles. The van der Waals surface area contributed by atoms with Gasteiger partial charge in [-0.05, 0) is 42.4 Å². The molecule has 2 aromatic rings. The van der Waals surface area contributed by atoms with Gasteiger partial charge in [0.25, 0.3) is 0 Å². The molecule has 0 aliphatic rings. The van der Waals surface area contributed by atoms with Crippen LogP contribution in [0.2, 0.25) is 0 Å². The van der Waals surface area contributed by atoms with E-state index in [2.05, 4.69) is 9.64 Å². The third-order valence-corrected chi connectivity index (χ3v) is 3.00. The van der Waals surface area contributed by atoms with Gasteiger partial charge in [-0.2, -0.15) is 8.78 Å². The van der Waals surface area contributed by atoms with Gasteiger partial charge in [0.2, 0.25) is 0 Å². The number of halogens is 3. The molecule has 3 nitrogen and oxygen atoms in total. The van der Waals surface area contributed by atoms with Crippen LogP contribution in [0.5, 0.6) is 5.75 Å². The van der Waals surface area contributed by atoms with E-state index in [1.807, 2.05) is 31.3 Å². The second-order valence-electron chi connectivity index (χ2n) is 4.94. The van der Waals surface area contributed by atoms with Crippen LogP contribution in [0.25, 0.3) is 0 Å². The first-order chi connectivity index (χ1) is 10.0. The molecule has 6 heteroatoms. The molecule has 0 saturated carbocycles. The van der Waals surface area contributed by atoms with Gasteiger partial charge in [-0.25, -0.2) is 0 Å². The predicted molar refractivity (Wildman–Crippen MR) is 86.3 cm³/mol. The van der Waals surface area contributed by atoms with Crippen molar-refractivity contribution in [3.8, 4) is 5.75 Å². The minimum absolute atomic E-state index is 0. The standard InChI is InChI=1S/C16H18F2N2O.ClH/c1-20(11-13-3-2-4-14(19)9-13)10-12-5-7-15(8-6-12)21-16(17)18;/h2-9,16H,10-11,19H2,1H3;1H. The second kappa shape index (κ2) is 8.56. The summed E-state index contributed by atoms with van der Waals surface area (Å²) in [6.07, 6.45) is 0. The molecule has 0 atom stereocenters. The topological polar surface area (TPSA) is 38.5 Å². The summed E-state index contributed by atoms with van der Waals surface area (Å²) in [6, 6.07) is 14.4. The zero-order valence-electron chi connectivity index (χ0n) is 12.2. The largest absolute Gasteiger partial charge is 0.435 e. The van der Waals surface area contributed by atoms with Crippen LogP contribution in [0.3, 0.4) is 0 Å². The average Bonchev–Trinajstić information content (AvgIpc) is 2.40. The Morgan fingerprint density at radius 1 is 1.05 bits per heavy atom. The van der Waals surface area contributed by atoms with Gasteiger partial charge in [0.15, 0.2) is 0 Å². The SMILES string of the molecule is CN(Cc1ccc(OC(F)F)cc1)Cc1cccc(N)c1.Cl. The minimum atomic E-state index is -2.79. The van der Waals surface area contributed by atoms with Crippen LogP contribution in [0.4, 0.5) is 14.5 Å². The summed E-state index contributed by atoms with van der Waals surface area (Å²) >= 11 is 0. The van der Waals surface area contributed by atoms with E-state index in [9.17, 15) is 8.78 Å². The van der Waals surface area contributed by atoms with E-state index in [4.69, 9.17) is 5.73 Å². The minimum Gasteiger partial charge on any atom is -0.435 e. The van der Waals surface area contributed by atoms with Gasteiger partial charge in [-0.3, -0.25) is 4.90 Å². The van der Waals surface area contributed by atoms with Crippen LogP contribution in [0.15, 0.2) is 48.5 Å². The Morgan fingerprint density at radius 3 is 2.27 bits per heavy atom. The van der Waals surface area contributed by atoms with Gasteiger partial charge in [-0.1, -0.05) is 24.3 Å². The smallest absolute Gasteiger partial charge is 0.387 e. The Kier molecular flexibility index (Phi) is 7.08. The summed E-state index contributed by atoms with van der Waals surface area (Å²) in [5, 5.41) is 0. The molecule has 0 spiro atoms. The van der Waals surface area contributed by atoms with E-state index in [-0.39, 0.29) is 18.2 Å². The summed E-state index contributed by atoms with van der Waals surface area (Å²) in [6.45, 7) is -1.31. The summed E-state index contributed by atoms with van der Waals surface area (Å²) in [7, 11) is 1.99. The summed E-state index contributed by atoms with van der Waals surface area (Å²) in [4.78, 5) is 2.12. The third kappa shape index (κ3) is 5.87. The molecule has 0 aliphatic heterocycles. The molecule has 2 N–H and O–H groups in total.